The average molecular weight is 410 g/mol. The van der Waals surface area contributed by atoms with Gasteiger partial charge in [0.05, 0.1) is 6.67 Å². The van der Waals surface area contributed by atoms with Crippen LogP contribution in [0.5, 0.6) is 0 Å². The monoisotopic (exact) mass is 409 g/mol. The fourth-order valence-electron chi connectivity index (χ4n) is 4.54. The fraction of sp³-hybridized carbons (Fsp3) is 0.417. The predicted octanol–water partition coefficient (Wildman–Crippen LogP) is 3.53. The topological polar surface area (TPSA) is 52.7 Å². The van der Waals surface area contributed by atoms with Crippen LogP contribution >= 0.6 is 0 Å². The van der Waals surface area contributed by atoms with Gasteiger partial charge >= 0.3 is 0 Å². The number of hydrogen-bond acceptors (Lipinski definition) is 4. The first-order valence-electron chi connectivity index (χ1n) is 10.6. The van der Waals surface area contributed by atoms with E-state index in [9.17, 15) is 14.0 Å². The molecule has 5 nitrogen and oxygen atoms in total. The van der Waals surface area contributed by atoms with Gasteiger partial charge in [0, 0.05) is 30.8 Å². The molecule has 1 spiro atoms. The Morgan fingerprint density at radius 2 is 1.73 bits per heavy atom. The number of Topliss-reactive ketones (excluding diaryl/α,β-unsaturated/α-hetero) is 1. The number of aryl methyl sites for hydroxylation is 1. The highest BCUT2D eigenvalue weighted by Gasteiger charge is 2.50. The van der Waals surface area contributed by atoms with Crippen LogP contribution in [-0.4, -0.2) is 48.4 Å². The van der Waals surface area contributed by atoms with Crippen LogP contribution in [0.1, 0.15) is 41.6 Å². The summed E-state index contributed by atoms with van der Waals surface area (Å²) in [5.41, 5.74) is 2.23. The molecule has 1 amide bonds. The maximum atomic E-state index is 13.3. The maximum absolute atomic E-state index is 13.3. The Kier molecular flexibility index (Phi) is 5.86. The van der Waals surface area contributed by atoms with Crippen molar-refractivity contribution in [1.29, 1.82) is 0 Å². The van der Waals surface area contributed by atoms with E-state index in [1.54, 1.807) is 12.1 Å². The Balaban J connectivity index is 1.31. The van der Waals surface area contributed by atoms with E-state index in [-0.39, 0.29) is 17.5 Å². The van der Waals surface area contributed by atoms with E-state index < -0.39 is 5.54 Å². The van der Waals surface area contributed by atoms with Gasteiger partial charge in [-0.2, -0.15) is 0 Å². The fourth-order valence-corrected chi connectivity index (χ4v) is 4.54. The number of carbonyl (C=O) groups is 2. The second-order valence-electron chi connectivity index (χ2n) is 8.33. The average Bonchev–Trinajstić information content (AvgIpc) is 3.06. The van der Waals surface area contributed by atoms with Crippen molar-refractivity contribution in [2.75, 3.05) is 31.2 Å². The van der Waals surface area contributed by atoms with Crippen LogP contribution in [0.3, 0.4) is 0 Å². The number of halogens is 1. The number of piperidine rings is 1. The van der Waals surface area contributed by atoms with Gasteiger partial charge in [-0.3, -0.25) is 9.59 Å². The first kappa shape index (κ1) is 20.5. The summed E-state index contributed by atoms with van der Waals surface area (Å²) in [6.45, 7) is 4.94. The van der Waals surface area contributed by atoms with E-state index in [2.05, 4.69) is 15.1 Å². The van der Waals surface area contributed by atoms with Crippen LogP contribution in [-0.2, 0) is 4.79 Å². The molecule has 0 atom stereocenters. The van der Waals surface area contributed by atoms with Gasteiger partial charge in [0.15, 0.2) is 5.78 Å². The van der Waals surface area contributed by atoms with Crippen molar-refractivity contribution < 1.29 is 14.0 Å². The van der Waals surface area contributed by atoms with E-state index in [1.807, 2.05) is 31.2 Å². The molecular formula is C24H28FN3O2. The summed E-state index contributed by atoms with van der Waals surface area (Å²) >= 11 is 0. The zero-order valence-electron chi connectivity index (χ0n) is 17.4. The van der Waals surface area contributed by atoms with Gasteiger partial charge in [0.25, 0.3) is 0 Å². The number of ketones is 1. The van der Waals surface area contributed by atoms with E-state index in [4.69, 9.17) is 0 Å². The number of anilines is 1. The van der Waals surface area contributed by atoms with Crippen molar-refractivity contribution in [2.45, 2.75) is 38.1 Å². The van der Waals surface area contributed by atoms with E-state index in [1.165, 1.54) is 12.1 Å². The lowest BCUT2D eigenvalue weighted by Crippen LogP contribution is -2.56. The summed E-state index contributed by atoms with van der Waals surface area (Å²) in [7, 11) is 0. The number of nitrogens with zero attached hydrogens (tertiary/aromatic N) is 2. The molecule has 0 radical (unpaired) electrons. The molecule has 2 aliphatic rings. The zero-order valence-corrected chi connectivity index (χ0v) is 17.4. The largest absolute Gasteiger partial charge is 0.339 e. The molecule has 0 aliphatic carbocycles. The molecule has 2 aromatic carbocycles. The second-order valence-corrected chi connectivity index (χ2v) is 8.33. The molecule has 2 aliphatic heterocycles. The minimum absolute atomic E-state index is 0.0565. The number of amides is 1. The highest BCUT2D eigenvalue weighted by molar-refractivity contribution is 5.96. The molecule has 2 saturated heterocycles. The minimum atomic E-state index is -0.563. The number of rotatable bonds is 6. The smallest absolute Gasteiger partial charge is 0.247 e. The molecule has 0 aromatic heterocycles. The summed E-state index contributed by atoms with van der Waals surface area (Å²) in [5.74, 6) is -0.0385. The van der Waals surface area contributed by atoms with E-state index >= 15 is 0 Å². The van der Waals surface area contributed by atoms with Crippen LogP contribution in [0, 0.1) is 12.7 Å². The third-order valence-corrected chi connectivity index (χ3v) is 6.41. The third kappa shape index (κ3) is 4.10. The Hall–Kier alpha value is -2.73. The summed E-state index contributed by atoms with van der Waals surface area (Å²) in [4.78, 5) is 29.5. The van der Waals surface area contributed by atoms with Crippen LogP contribution in [0.15, 0.2) is 48.5 Å². The van der Waals surface area contributed by atoms with Gasteiger partial charge in [0.1, 0.15) is 11.4 Å². The van der Waals surface area contributed by atoms with E-state index in [0.717, 1.165) is 55.7 Å². The van der Waals surface area contributed by atoms with Gasteiger partial charge in [-0.1, -0.05) is 29.8 Å². The second kappa shape index (κ2) is 8.56. The molecule has 30 heavy (non-hydrogen) atoms. The molecular weight excluding hydrogens is 381 g/mol. The van der Waals surface area contributed by atoms with Crippen molar-refractivity contribution in [2.24, 2.45) is 0 Å². The van der Waals surface area contributed by atoms with Crippen LogP contribution in [0.4, 0.5) is 10.1 Å². The van der Waals surface area contributed by atoms with Crippen molar-refractivity contribution in [3.63, 3.8) is 0 Å². The van der Waals surface area contributed by atoms with Crippen LogP contribution in [0.25, 0.3) is 0 Å². The quantitative estimate of drug-likeness (QED) is 0.742. The number of hydrogen-bond donors (Lipinski definition) is 1. The number of nitrogens with one attached hydrogen (secondary N) is 1. The molecule has 6 heteroatoms. The van der Waals surface area contributed by atoms with Gasteiger partial charge in [-0.25, -0.2) is 4.39 Å². The van der Waals surface area contributed by atoms with Crippen molar-refractivity contribution in [3.05, 3.63) is 65.5 Å². The molecule has 0 unspecified atom stereocenters. The molecule has 4 rings (SSSR count). The molecule has 2 heterocycles. The minimum Gasteiger partial charge on any atom is -0.339 e. The lowest BCUT2D eigenvalue weighted by Gasteiger charge is -2.43. The zero-order chi connectivity index (χ0) is 21.1. The lowest BCUT2D eigenvalue weighted by molar-refractivity contribution is -0.125. The molecule has 2 fully saturated rings. The highest BCUT2D eigenvalue weighted by atomic mass is 19.1. The number of carbonyl (C=O) groups excluding carboxylic acids is 2. The first-order valence-corrected chi connectivity index (χ1v) is 10.6. The number of benzene rings is 2. The summed E-state index contributed by atoms with van der Waals surface area (Å²) in [6.07, 6.45) is 2.80. The van der Waals surface area contributed by atoms with Crippen LogP contribution < -0.4 is 10.2 Å². The first-order chi connectivity index (χ1) is 14.5. The molecule has 2 aromatic rings. The lowest BCUT2D eigenvalue weighted by atomic mass is 9.85. The Labute approximate surface area is 176 Å². The van der Waals surface area contributed by atoms with Gasteiger partial charge in [-0.05, 0) is 57.0 Å². The number of likely N-dealkylation sites (tertiary alicyclic amines) is 1. The Morgan fingerprint density at radius 3 is 2.40 bits per heavy atom. The van der Waals surface area contributed by atoms with Gasteiger partial charge < -0.3 is 15.1 Å². The summed E-state index contributed by atoms with van der Waals surface area (Å²) in [6, 6.07) is 14.1. The summed E-state index contributed by atoms with van der Waals surface area (Å²) < 4.78 is 13.3. The van der Waals surface area contributed by atoms with Gasteiger partial charge in [0.2, 0.25) is 5.91 Å². The molecule has 0 bridgehead atoms. The molecule has 158 valence electrons. The van der Waals surface area contributed by atoms with Crippen molar-refractivity contribution in [3.8, 4) is 0 Å². The van der Waals surface area contributed by atoms with Crippen molar-refractivity contribution >= 4 is 17.4 Å². The molecule has 1 N–H and O–H groups in total. The summed E-state index contributed by atoms with van der Waals surface area (Å²) in [5, 5.41) is 2.97. The van der Waals surface area contributed by atoms with Gasteiger partial charge in [-0.15, -0.1) is 0 Å². The SMILES string of the molecule is Cc1ccc(C(=O)CCCN2CCC3(CC2)C(=O)NCN3c2ccc(F)cc2)cc1. The van der Waals surface area contributed by atoms with E-state index in [0.29, 0.717) is 13.1 Å². The molecule has 0 saturated carbocycles. The Morgan fingerprint density at radius 1 is 1.07 bits per heavy atom. The maximum Gasteiger partial charge on any atom is 0.247 e. The van der Waals surface area contributed by atoms with Crippen molar-refractivity contribution in [1.82, 2.24) is 10.2 Å². The standard InChI is InChI=1S/C24H28FN3O2/c1-18-4-6-19(7-5-18)22(29)3-2-14-27-15-12-24(13-16-27)23(30)26-17-28(24)21-10-8-20(25)9-11-21/h4-11H,2-3,12-17H2,1H3,(H,26,30). The Bertz CT molecular complexity index is 903. The predicted molar refractivity (Wildman–Crippen MR) is 115 cm³/mol. The third-order valence-electron chi connectivity index (χ3n) is 6.41. The normalized spacial score (nSPS) is 18.6. The highest BCUT2D eigenvalue weighted by Crippen LogP contribution is 2.36. The van der Waals surface area contributed by atoms with Crippen LogP contribution in [0.2, 0.25) is 0 Å².